The fourth-order valence-corrected chi connectivity index (χ4v) is 3.71. The van der Waals surface area contributed by atoms with Gasteiger partial charge in [0.05, 0.1) is 0 Å². The Morgan fingerprint density at radius 2 is 2.04 bits per heavy atom. The van der Waals surface area contributed by atoms with E-state index in [9.17, 15) is 0 Å². The van der Waals surface area contributed by atoms with Crippen molar-refractivity contribution in [3.63, 3.8) is 0 Å². The van der Waals surface area contributed by atoms with Crippen LogP contribution in [0.5, 0.6) is 0 Å². The fourth-order valence-electron chi connectivity index (χ4n) is 3.52. The van der Waals surface area contributed by atoms with Gasteiger partial charge in [-0.15, -0.1) is 0 Å². The Labute approximate surface area is 149 Å². The predicted octanol–water partition coefficient (Wildman–Crippen LogP) is 3.27. The molecule has 1 fully saturated rings. The van der Waals surface area contributed by atoms with Crippen LogP contribution in [0.3, 0.4) is 0 Å². The molecule has 1 saturated heterocycles. The van der Waals surface area contributed by atoms with Crippen LogP contribution in [0.2, 0.25) is 5.02 Å². The Hall–Kier alpha value is -1.52. The molecule has 4 nitrogen and oxygen atoms in total. The number of benzene rings is 1. The quantitative estimate of drug-likeness (QED) is 0.499. The molecule has 0 aromatic heterocycles. The molecule has 0 unspecified atom stereocenters. The number of aliphatic imine (C=N–C) groups is 1. The Kier molecular flexibility index (Phi) is 5.80. The van der Waals surface area contributed by atoms with E-state index in [1.807, 2.05) is 19.2 Å². The molecule has 0 radical (unpaired) electrons. The van der Waals surface area contributed by atoms with Gasteiger partial charge < -0.3 is 15.4 Å². The maximum Gasteiger partial charge on any atom is 0.191 e. The summed E-state index contributed by atoms with van der Waals surface area (Å²) in [7, 11) is 1.83. The Balaban J connectivity index is 1.70. The second-order valence-corrected chi connectivity index (χ2v) is 7.05. The molecule has 0 saturated carbocycles. The molecule has 3 rings (SSSR count). The topological polar surface area (TPSA) is 45.7 Å². The first kappa shape index (κ1) is 17.3. The molecule has 1 aliphatic heterocycles. The van der Waals surface area contributed by atoms with Crippen molar-refractivity contribution in [3.05, 3.63) is 47.0 Å². The highest BCUT2D eigenvalue weighted by Crippen LogP contribution is 2.35. The summed E-state index contributed by atoms with van der Waals surface area (Å²) in [5.41, 5.74) is 1.32. The smallest absolute Gasteiger partial charge is 0.191 e. The van der Waals surface area contributed by atoms with Gasteiger partial charge >= 0.3 is 0 Å². The third-order valence-electron chi connectivity index (χ3n) is 5.05. The average Bonchev–Trinajstić information content (AvgIpc) is 3.12. The Morgan fingerprint density at radius 1 is 1.29 bits per heavy atom. The summed E-state index contributed by atoms with van der Waals surface area (Å²) in [6.07, 6.45) is 8.54. The van der Waals surface area contributed by atoms with Crippen LogP contribution in [0.15, 0.2) is 41.4 Å². The second kappa shape index (κ2) is 8.04. The van der Waals surface area contributed by atoms with Gasteiger partial charge in [-0.3, -0.25) is 4.99 Å². The lowest BCUT2D eigenvalue weighted by molar-refractivity contribution is 0.0513. The van der Waals surface area contributed by atoms with Gasteiger partial charge in [0, 0.05) is 43.3 Å². The molecule has 1 aliphatic carbocycles. The molecule has 0 bridgehead atoms. The van der Waals surface area contributed by atoms with Gasteiger partial charge in [-0.1, -0.05) is 35.9 Å². The number of nitrogens with zero attached hydrogens (tertiary/aromatic N) is 1. The van der Waals surface area contributed by atoms with Crippen LogP contribution in [-0.4, -0.2) is 38.8 Å². The van der Waals surface area contributed by atoms with E-state index in [1.165, 1.54) is 5.56 Å². The minimum atomic E-state index is 0.0364. The predicted molar refractivity (Wildman–Crippen MR) is 99.8 cm³/mol. The standard InChI is InChI=1S/C19H26ClN3O/c1-21-18(23-17-7-2-3-8-17)22-14-19(9-11-24-12-10-19)15-5-4-6-16(20)13-15/h2-6,13,17H,7-12,14H2,1H3,(H2,21,22,23). The van der Waals surface area contributed by atoms with Crippen molar-refractivity contribution in [1.29, 1.82) is 0 Å². The van der Waals surface area contributed by atoms with E-state index in [0.717, 1.165) is 56.4 Å². The van der Waals surface area contributed by atoms with Crippen LogP contribution in [0.1, 0.15) is 31.2 Å². The third-order valence-corrected chi connectivity index (χ3v) is 5.29. The van der Waals surface area contributed by atoms with Crippen LogP contribution >= 0.6 is 11.6 Å². The lowest BCUT2D eigenvalue weighted by Gasteiger charge is -2.38. The summed E-state index contributed by atoms with van der Waals surface area (Å²) in [6, 6.07) is 8.68. The van der Waals surface area contributed by atoms with Gasteiger partial charge in [0.1, 0.15) is 0 Å². The molecule has 5 heteroatoms. The van der Waals surface area contributed by atoms with Crippen molar-refractivity contribution in [2.45, 2.75) is 37.1 Å². The van der Waals surface area contributed by atoms with Crippen LogP contribution in [0.25, 0.3) is 0 Å². The number of guanidine groups is 1. The minimum Gasteiger partial charge on any atom is -0.381 e. The van der Waals surface area contributed by atoms with E-state index in [4.69, 9.17) is 16.3 Å². The highest BCUT2D eigenvalue weighted by Gasteiger charge is 2.35. The first-order chi connectivity index (χ1) is 11.7. The van der Waals surface area contributed by atoms with Gasteiger partial charge in [0.15, 0.2) is 5.96 Å². The van der Waals surface area contributed by atoms with Crippen molar-refractivity contribution >= 4 is 17.6 Å². The first-order valence-corrected chi connectivity index (χ1v) is 9.06. The molecule has 0 spiro atoms. The molecular weight excluding hydrogens is 322 g/mol. The molecule has 2 aliphatic rings. The summed E-state index contributed by atoms with van der Waals surface area (Å²) in [6.45, 7) is 2.40. The zero-order valence-corrected chi connectivity index (χ0v) is 15.0. The molecule has 2 N–H and O–H groups in total. The van der Waals surface area contributed by atoms with Crippen LogP contribution in [0.4, 0.5) is 0 Å². The lowest BCUT2D eigenvalue weighted by atomic mass is 9.74. The second-order valence-electron chi connectivity index (χ2n) is 6.61. The molecule has 24 heavy (non-hydrogen) atoms. The van der Waals surface area contributed by atoms with Crippen molar-refractivity contribution in [2.75, 3.05) is 26.8 Å². The highest BCUT2D eigenvalue weighted by molar-refractivity contribution is 6.30. The first-order valence-electron chi connectivity index (χ1n) is 8.68. The molecule has 130 valence electrons. The SMILES string of the molecule is CN=C(NCC1(c2cccc(Cl)c2)CCOCC1)NC1CC=CC1. The van der Waals surface area contributed by atoms with E-state index < -0.39 is 0 Å². The number of hydrogen-bond acceptors (Lipinski definition) is 2. The van der Waals surface area contributed by atoms with Gasteiger partial charge in [0.25, 0.3) is 0 Å². The van der Waals surface area contributed by atoms with Crippen LogP contribution < -0.4 is 10.6 Å². The average molecular weight is 348 g/mol. The van der Waals surface area contributed by atoms with Gasteiger partial charge in [-0.05, 0) is 43.4 Å². The zero-order chi connectivity index (χ0) is 16.8. The number of halogens is 1. The summed E-state index contributed by atoms with van der Waals surface area (Å²) in [5.74, 6) is 0.872. The van der Waals surface area contributed by atoms with E-state index >= 15 is 0 Å². The summed E-state index contributed by atoms with van der Waals surface area (Å²) in [5, 5.41) is 7.83. The van der Waals surface area contributed by atoms with Crippen LogP contribution in [-0.2, 0) is 10.2 Å². The maximum absolute atomic E-state index is 6.23. The van der Waals surface area contributed by atoms with Gasteiger partial charge in [-0.2, -0.15) is 0 Å². The molecule has 1 aromatic rings. The van der Waals surface area contributed by atoms with Crippen molar-refractivity contribution in [2.24, 2.45) is 4.99 Å². The monoisotopic (exact) mass is 347 g/mol. The third kappa shape index (κ3) is 4.11. The summed E-state index contributed by atoms with van der Waals surface area (Å²) < 4.78 is 5.60. The Morgan fingerprint density at radius 3 is 2.71 bits per heavy atom. The molecule has 0 atom stereocenters. The van der Waals surface area contributed by atoms with Crippen LogP contribution in [0, 0.1) is 0 Å². The van der Waals surface area contributed by atoms with Gasteiger partial charge in [-0.25, -0.2) is 0 Å². The van der Waals surface area contributed by atoms with E-state index in [0.29, 0.717) is 6.04 Å². The highest BCUT2D eigenvalue weighted by atomic mass is 35.5. The molecular formula is C19H26ClN3O. The lowest BCUT2D eigenvalue weighted by Crippen LogP contribution is -2.49. The number of rotatable bonds is 4. The zero-order valence-electron chi connectivity index (χ0n) is 14.2. The Bertz CT molecular complexity index is 600. The molecule has 0 amide bonds. The molecule has 1 aromatic carbocycles. The van der Waals surface area contributed by atoms with Gasteiger partial charge in [0.2, 0.25) is 0 Å². The summed E-state index contributed by atoms with van der Waals surface area (Å²) in [4.78, 5) is 4.39. The number of hydrogen-bond donors (Lipinski definition) is 2. The van der Waals surface area contributed by atoms with Crippen molar-refractivity contribution < 1.29 is 4.74 Å². The minimum absolute atomic E-state index is 0.0364. The summed E-state index contributed by atoms with van der Waals surface area (Å²) >= 11 is 6.23. The van der Waals surface area contributed by atoms with Crippen molar-refractivity contribution in [1.82, 2.24) is 10.6 Å². The number of nitrogens with one attached hydrogen (secondary N) is 2. The van der Waals surface area contributed by atoms with E-state index in [-0.39, 0.29) is 5.41 Å². The maximum atomic E-state index is 6.23. The largest absolute Gasteiger partial charge is 0.381 e. The normalized spacial score (nSPS) is 21.0. The molecule has 1 heterocycles. The van der Waals surface area contributed by atoms with Crippen molar-refractivity contribution in [3.8, 4) is 0 Å². The number of ether oxygens (including phenoxy) is 1. The fraction of sp³-hybridized carbons (Fsp3) is 0.526. The van der Waals surface area contributed by atoms with E-state index in [2.05, 4.69) is 39.9 Å². The van der Waals surface area contributed by atoms with E-state index in [1.54, 1.807) is 0 Å².